The lowest BCUT2D eigenvalue weighted by Gasteiger charge is -2.15. The van der Waals surface area contributed by atoms with Crippen LogP contribution < -0.4 is 11.1 Å². The number of imide groups is 1. The van der Waals surface area contributed by atoms with Gasteiger partial charge in [0, 0.05) is 11.9 Å². The molecule has 1 aromatic heterocycles. The molecule has 0 aromatic carbocycles. The van der Waals surface area contributed by atoms with Gasteiger partial charge in [-0.3, -0.25) is 14.7 Å². The van der Waals surface area contributed by atoms with Gasteiger partial charge >= 0.3 is 6.03 Å². The Bertz CT molecular complexity index is 484. The minimum Gasteiger partial charge on any atom is -0.399 e. The molecule has 3 N–H and O–H groups in total. The molecule has 0 saturated carbocycles. The zero-order chi connectivity index (χ0) is 12.6. The molecule has 1 saturated heterocycles. The van der Waals surface area contributed by atoms with E-state index in [4.69, 9.17) is 5.73 Å². The van der Waals surface area contributed by atoms with Crippen molar-refractivity contribution in [2.45, 2.75) is 25.9 Å². The zero-order valence-electron chi connectivity index (χ0n) is 9.73. The average Bonchev–Trinajstić information content (AvgIpc) is 2.41. The summed E-state index contributed by atoms with van der Waals surface area (Å²) in [7, 11) is 0. The van der Waals surface area contributed by atoms with Crippen molar-refractivity contribution >= 4 is 17.6 Å². The molecule has 0 radical (unpaired) electrons. The van der Waals surface area contributed by atoms with E-state index in [0.717, 1.165) is 4.90 Å². The molecule has 2 heterocycles. The number of urea groups is 1. The van der Waals surface area contributed by atoms with Crippen LogP contribution in [0.25, 0.3) is 0 Å². The number of carbonyl (C=O) groups excluding carboxylic acids is 2. The Balaban J connectivity index is 2.20. The number of anilines is 1. The van der Waals surface area contributed by atoms with Crippen LogP contribution in [0.2, 0.25) is 0 Å². The van der Waals surface area contributed by atoms with Crippen molar-refractivity contribution in [2.75, 3.05) is 5.73 Å². The molecule has 1 aliphatic heterocycles. The van der Waals surface area contributed by atoms with Crippen LogP contribution in [0.15, 0.2) is 18.3 Å². The largest absolute Gasteiger partial charge is 0.399 e. The third kappa shape index (κ3) is 2.06. The van der Waals surface area contributed by atoms with Crippen molar-refractivity contribution in [3.63, 3.8) is 0 Å². The molecule has 0 unspecified atom stereocenters. The number of aromatic nitrogens is 1. The van der Waals surface area contributed by atoms with Crippen LogP contribution in [0.5, 0.6) is 0 Å². The van der Waals surface area contributed by atoms with E-state index < -0.39 is 11.6 Å². The second-order valence-corrected chi connectivity index (χ2v) is 4.53. The zero-order valence-corrected chi connectivity index (χ0v) is 9.73. The molecule has 2 rings (SSSR count). The molecule has 6 heteroatoms. The van der Waals surface area contributed by atoms with Gasteiger partial charge in [-0.05, 0) is 26.0 Å². The van der Waals surface area contributed by atoms with Gasteiger partial charge in [0.05, 0.1) is 12.2 Å². The third-order valence-corrected chi connectivity index (χ3v) is 2.61. The first-order valence-corrected chi connectivity index (χ1v) is 5.25. The molecule has 0 aliphatic carbocycles. The second kappa shape index (κ2) is 3.73. The van der Waals surface area contributed by atoms with Gasteiger partial charge in [0.1, 0.15) is 5.54 Å². The van der Waals surface area contributed by atoms with Crippen molar-refractivity contribution in [3.8, 4) is 0 Å². The van der Waals surface area contributed by atoms with Crippen LogP contribution in [-0.4, -0.2) is 27.4 Å². The minimum atomic E-state index is -0.850. The number of rotatable bonds is 2. The highest BCUT2D eigenvalue weighted by Gasteiger charge is 2.44. The lowest BCUT2D eigenvalue weighted by atomic mass is 10.1. The Morgan fingerprint density at radius 1 is 1.47 bits per heavy atom. The number of nitrogens with two attached hydrogens (primary N) is 1. The summed E-state index contributed by atoms with van der Waals surface area (Å²) in [6, 6.07) is 2.90. The van der Waals surface area contributed by atoms with E-state index in [1.165, 1.54) is 0 Å². The normalized spacial score (nSPS) is 18.4. The van der Waals surface area contributed by atoms with Crippen LogP contribution in [0.3, 0.4) is 0 Å². The number of hydrogen-bond acceptors (Lipinski definition) is 4. The highest BCUT2D eigenvalue weighted by atomic mass is 16.2. The van der Waals surface area contributed by atoms with Crippen LogP contribution in [0.4, 0.5) is 10.5 Å². The fourth-order valence-electron chi connectivity index (χ4n) is 1.71. The quantitative estimate of drug-likeness (QED) is 0.729. The van der Waals surface area contributed by atoms with E-state index in [1.807, 2.05) is 0 Å². The second-order valence-electron chi connectivity index (χ2n) is 4.53. The number of hydrogen-bond donors (Lipinski definition) is 2. The Hall–Kier alpha value is -2.11. The maximum atomic E-state index is 11.9. The SMILES string of the molecule is CC1(C)NC(=O)N(Cc2cc(N)ccn2)C1=O. The third-order valence-electron chi connectivity index (χ3n) is 2.61. The first kappa shape index (κ1) is 11.4. The minimum absolute atomic E-state index is 0.138. The van der Waals surface area contributed by atoms with E-state index in [-0.39, 0.29) is 12.5 Å². The van der Waals surface area contributed by atoms with Crippen molar-refractivity contribution in [1.82, 2.24) is 15.2 Å². The molecule has 0 spiro atoms. The predicted molar refractivity (Wildman–Crippen MR) is 61.8 cm³/mol. The summed E-state index contributed by atoms with van der Waals surface area (Å²) >= 11 is 0. The summed E-state index contributed by atoms with van der Waals surface area (Å²) in [4.78, 5) is 28.7. The highest BCUT2D eigenvalue weighted by Crippen LogP contribution is 2.18. The molecule has 6 nitrogen and oxygen atoms in total. The Labute approximate surface area is 98.8 Å². The first-order chi connectivity index (χ1) is 7.90. The van der Waals surface area contributed by atoms with Gasteiger partial charge in [-0.15, -0.1) is 0 Å². The van der Waals surface area contributed by atoms with Crippen LogP contribution in [-0.2, 0) is 11.3 Å². The number of carbonyl (C=O) groups is 2. The fourth-order valence-corrected chi connectivity index (χ4v) is 1.71. The molecule has 17 heavy (non-hydrogen) atoms. The molecule has 0 atom stereocenters. The predicted octanol–water partition coefficient (Wildman–Crippen LogP) is 0.494. The smallest absolute Gasteiger partial charge is 0.325 e. The van der Waals surface area contributed by atoms with E-state index in [9.17, 15) is 9.59 Å². The summed E-state index contributed by atoms with van der Waals surface area (Å²) in [5.41, 5.74) is 5.91. The maximum absolute atomic E-state index is 11.9. The molecule has 90 valence electrons. The van der Waals surface area contributed by atoms with E-state index in [0.29, 0.717) is 11.4 Å². The lowest BCUT2D eigenvalue weighted by Crippen LogP contribution is -2.40. The standard InChI is InChI=1S/C11H14N4O2/c1-11(2)9(16)15(10(17)14-11)6-8-5-7(12)3-4-13-8/h3-5H,6H2,1-2H3,(H2,12,13)(H,14,17). The molecule has 3 amide bonds. The average molecular weight is 234 g/mol. The highest BCUT2D eigenvalue weighted by molar-refractivity contribution is 6.06. The van der Waals surface area contributed by atoms with E-state index in [2.05, 4.69) is 10.3 Å². The number of nitrogens with one attached hydrogen (secondary N) is 1. The molecule has 1 fully saturated rings. The Kier molecular flexibility index (Phi) is 2.49. The van der Waals surface area contributed by atoms with Gasteiger partial charge in [-0.25, -0.2) is 4.79 Å². The van der Waals surface area contributed by atoms with Gasteiger partial charge < -0.3 is 11.1 Å². The van der Waals surface area contributed by atoms with E-state index in [1.54, 1.807) is 32.2 Å². The molecule has 1 aliphatic rings. The number of nitrogen functional groups attached to an aromatic ring is 1. The topological polar surface area (TPSA) is 88.3 Å². The maximum Gasteiger partial charge on any atom is 0.325 e. The van der Waals surface area contributed by atoms with Crippen LogP contribution >= 0.6 is 0 Å². The number of pyridine rings is 1. The molecule has 1 aromatic rings. The van der Waals surface area contributed by atoms with Gasteiger partial charge in [0.15, 0.2) is 0 Å². The van der Waals surface area contributed by atoms with Gasteiger partial charge in [0.2, 0.25) is 0 Å². The summed E-state index contributed by atoms with van der Waals surface area (Å²) < 4.78 is 0. The van der Waals surface area contributed by atoms with Gasteiger partial charge in [0.25, 0.3) is 5.91 Å². The monoisotopic (exact) mass is 234 g/mol. The number of amides is 3. The molecule has 0 bridgehead atoms. The summed E-state index contributed by atoms with van der Waals surface area (Å²) in [6.07, 6.45) is 1.55. The van der Waals surface area contributed by atoms with Crippen molar-refractivity contribution in [1.29, 1.82) is 0 Å². The van der Waals surface area contributed by atoms with E-state index >= 15 is 0 Å². The Morgan fingerprint density at radius 3 is 2.71 bits per heavy atom. The van der Waals surface area contributed by atoms with Crippen LogP contribution in [0, 0.1) is 0 Å². The molecular formula is C11H14N4O2. The first-order valence-electron chi connectivity index (χ1n) is 5.25. The summed E-state index contributed by atoms with van der Waals surface area (Å²) in [6.45, 7) is 3.47. The van der Waals surface area contributed by atoms with Crippen molar-refractivity contribution < 1.29 is 9.59 Å². The van der Waals surface area contributed by atoms with Crippen LogP contribution in [0.1, 0.15) is 19.5 Å². The van der Waals surface area contributed by atoms with Crippen molar-refractivity contribution in [2.24, 2.45) is 0 Å². The fraction of sp³-hybridized carbons (Fsp3) is 0.364. The van der Waals surface area contributed by atoms with Crippen molar-refractivity contribution in [3.05, 3.63) is 24.0 Å². The summed E-state index contributed by atoms with van der Waals surface area (Å²) in [5.74, 6) is -0.258. The molecular weight excluding hydrogens is 220 g/mol. The number of nitrogens with zero attached hydrogens (tertiary/aromatic N) is 2. The van der Waals surface area contributed by atoms with Gasteiger partial charge in [-0.2, -0.15) is 0 Å². The summed E-state index contributed by atoms with van der Waals surface area (Å²) in [5, 5.41) is 2.61. The van der Waals surface area contributed by atoms with Gasteiger partial charge in [-0.1, -0.05) is 0 Å². The lowest BCUT2D eigenvalue weighted by molar-refractivity contribution is -0.130. The Morgan fingerprint density at radius 2 is 2.18 bits per heavy atom.